The molecule has 0 saturated heterocycles. The number of halogens is 3. The van der Waals surface area contributed by atoms with Gasteiger partial charge in [0.05, 0.1) is 19.1 Å². The molecule has 0 heterocycles. The molecule has 0 aliphatic heterocycles. The first-order valence-corrected chi connectivity index (χ1v) is 6.32. The highest BCUT2D eigenvalue weighted by atomic mass is 19.4. The molecule has 0 unspecified atom stereocenters. The molecule has 0 saturated carbocycles. The zero-order chi connectivity index (χ0) is 15.9. The molecule has 7 heteroatoms. The molecule has 0 aliphatic carbocycles. The third kappa shape index (κ3) is 6.29. The first kappa shape index (κ1) is 17.0. The summed E-state index contributed by atoms with van der Waals surface area (Å²) in [5.74, 6) is -0.661. The molecule has 21 heavy (non-hydrogen) atoms. The summed E-state index contributed by atoms with van der Waals surface area (Å²) in [6.07, 6.45) is -3.73. The Balaban J connectivity index is 2.36. The zero-order valence-electron chi connectivity index (χ0n) is 11.5. The number of hydrogen-bond donors (Lipinski definition) is 1. The fourth-order valence-electron chi connectivity index (χ4n) is 1.62. The van der Waals surface area contributed by atoms with E-state index in [4.69, 9.17) is 0 Å². The number of methoxy groups -OCH3 is 1. The molecule has 0 spiro atoms. The van der Waals surface area contributed by atoms with Crippen molar-refractivity contribution in [2.75, 3.05) is 13.7 Å². The summed E-state index contributed by atoms with van der Waals surface area (Å²) in [4.78, 5) is 22.4. The number of hydrogen-bond acceptors (Lipinski definition) is 3. The number of nitrogens with one attached hydrogen (secondary N) is 1. The Morgan fingerprint density at radius 2 is 1.81 bits per heavy atom. The van der Waals surface area contributed by atoms with Crippen molar-refractivity contribution in [1.82, 2.24) is 5.32 Å². The van der Waals surface area contributed by atoms with Gasteiger partial charge >= 0.3 is 12.1 Å². The lowest BCUT2D eigenvalue weighted by atomic mass is 10.1. The minimum Gasteiger partial charge on any atom is -0.469 e. The number of carbonyl (C=O) groups is 2. The van der Waals surface area contributed by atoms with E-state index < -0.39 is 11.7 Å². The van der Waals surface area contributed by atoms with Crippen LogP contribution in [0.5, 0.6) is 0 Å². The molecular formula is C14H16F3NO3. The fourth-order valence-corrected chi connectivity index (χ4v) is 1.62. The predicted molar refractivity (Wildman–Crippen MR) is 69.4 cm³/mol. The number of amides is 1. The van der Waals surface area contributed by atoms with Crippen LogP contribution in [0.2, 0.25) is 0 Å². The first-order chi connectivity index (χ1) is 9.82. The van der Waals surface area contributed by atoms with Crippen LogP contribution in [0.25, 0.3) is 0 Å². The second-order valence-corrected chi connectivity index (χ2v) is 4.40. The van der Waals surface area contributed by atoms with E-state index in [1.54, 1.807) is 0 Å². The number of benzene rings is 1. The Hall–Kier alpha value is -2.05. The van der Waals surface area contributed by atoms with Crippen molar-refractivity contribution in [2.45, 2.75) is 25.4 Å². The summed E-state index contributed by atoms with van der Waals surface area (Å²) in [7, 11) is 1.28. The maximum absolute atomic E-state index is 12.4. The maximum Gasteiger partial charge on any atom is 0.416 e. The largest absolute Gasteiger partial charge is 0.469 e. The summed E-state index contributed by atoms with van der Waals surface area (Å²) in [5.41, 5.74) is -0.252. The summed E-state index contributed by atoms with van der Waals surface area (Å²) in [6, 6.07) is 4.44. The highest BCUT2D eigenvalue weighted by molar-refractivity contribution is 5.78. The van der Waals surface area contributed by atoms with Crippen molar-refractivity contribution < 1.29 is 27.5 Å². The minimum atomic E-state index is -4.38. The highest BCUT2D eigenvalue weighted by Gasteiger charge is 2.29. The van der Waals surface area contributed by atoms with Crippen molar-refractivity contribution in [3.63, 3.8) is 0 Å². The van der Waals surface area contributed by atoms with Crippen LogP contribution in [0, 0.1) is 0 Å². The number of esters is 1. The molecule has 0 aliphatic rings. The molecule has 0 radical (unpaired) electrons. The molecule has 1 amide bonds. The second kappa shape index (κ2) is 7.66. The molecule has 1 N–H and O–H groups in total. The lowest BCUT2D eigenvalue weighted by Gasteiger charge is -2.08. The van der Waals surface area contributed by atoms with E-state index in [0.717, 1.165) is 12.1 Å². The van der Waals surface area contributed by atoms with Crippen LogP contribution in [-0.4, -0.2) is 25.5 Å². The van der Waals surface area contributed by atoms with Crippen LogP contribution in [-0.2, 0) is 26.9 Å². The van der Waals surface area contributed by atoms with Crippen molar-refractivity contribution >= 4 is 11.9 Å². The Morgan fingerprint density at radius 3 is 2.33 bits per heavy atom. The lowest BCUT2D eigenvalue weighted by Crippen LogP contribution is -2.26. The van der Waals surface area contributed by atoms with Gasteiger partial charge in [-0.05, 0) is 24.1 Å². The van der Waals surface area contributed by atoms with Crippen LogP contribution in [0.3, 0.4) is 0 Å². The second-order valence-electron chi connectivity index (χ2n) is 4.40. The van der Waals surface area contributed by atoms with Gasteiger partial charge in [0.25, 0.3) is 0 Å². The van der Waals surface area contributed by atoms with Crippen LogP contribution >= 0.6 is 0 Å². The predicted octanol–water partition coefficient (Wildman–Crippen LogP) is 2.32. The highest BCUT2D eigenvalue weighted by Crippen LogP contribution is 2.29. The van der Waals surface area contributed by atoms with E-state index in [0.29, 0.717) is 18.5 Å². The summed E-state index contributed by atoms with van der Waals surface area (Å²) in [5, 5.41) is 2.59. The molecule has 1 rings (SSSR count). The lowest BCUT2D eigenvalue weighted by molar-refractivity contribution is -0.141. The molecular weight excluding hydrogens is 287 g/mol. The van der Waals surface area contributed by atoms with E-state index in [9.17, 15) is 22.8 Å². The van der Waals surface area contributed by atoms with Gasteiger partial charge < -0.3 is 10.1 Å². The van der Waals surface area contributed by atoms with E-state index >= 15 is 0 Å². The smallest absolute Gasteiger partial charge is 0.416 e. The molecule has 0 bridgehead atoms. The van der Waals surface area contributed by atoms with Gasteiger partial charge in [0.1, 0.15) is 0 Å². The van der Waals surface area contributed by atoms with Gasteiger partial charge in [-0.1, -0.05) is 12.1 Å². The minimum absolute atomic E-state index is 0.00361. The van der Waals surface area contributed by atoms with Crippen LogP contribution in [0.1, 0.15) is 24.0 Å². The van der Waals surface area contributed by atoms with Gasteiger partial charge in [-0.3, -0.25) is 9.59 Å². The van der Waals surface area contributed by atoms with Crippen molar-refractivity contribution in [1.29, 1.82) is 0 Å². The standard InChI is InChI=1S/C14H16F3NO3/c1-21-13(20)3-2-8-18-12(19)9-10-4-6-11(7-5-10)14(15,16)17/h4-7H,2-3,8-9H2,1H3,(H,18,19). The molecule has 0 fully saturated rings. The Labute approximate surface area is 120 Å². The average molecular weight is 303 g/mol. The molecule has 4 nitrogen and oxygen atoms in total. The normalized spacial score (nSPS) is 11.0. The van der Waals surface area contributed by atoms with Crippen LogP contribution < -0.4 is 5.32 Å². The topological polar surface area (TPSA) is 55.4 Å². The van der Waals surface area contributed by atoms with Crippen LogP contribution in [0.4, 0.5) is 13.2 Å². The summed E-state index contributed by atoms with van der Waals surface area (Å²) < 4.78 is 41.5. The number of alkyl halides is 3. The van der Waals surface area contributed by atoms with Crippen molar-refractivity contribution in [3.05, 3.63) is 35.4 Å². The van der Waals surface area contributed by atoms with Crippen molar-refractivity contribution in [3.8, 4) is 0 Å². The fraction of sp³-hybridized carbons (Fsp3) is 0.429. The van der Waals surface area contributed by atoms with Crippen molar-refractivity contribution in [2.24, 2.45) is 0 Å². The molecule has 1 aromatic carbocycles. The Morgan fingerprint density at radius 1 is 1.19 bits per heavy atom. The molecule has 1 aromatic rings. The van der Waals surface area contributed by atoms with Gasteiger partial charge in [-0.25, -0.2) is 0 Å². The van der Waals surface area contributed by atoms with Gasteiger partial charge in [0.2, 0.25) is 5.91 Å². The van der Waals surface area contributed by atoms with E-state index in [1.807, 2.05) is 0 Å². The quantitative estimate of drug-likeness (QED) is 0.648. The SMILES string of the molecule is COC(=O)CCCNC(=O)Cc1ccc(C(F)(F)F)cc1. The monoisotopic (exact) mass is 303 g/mol. The number of rotatable bonds is 6. The third-order valence-corrected chi connectivity index (χ3v) is 2.75. The van der Waals surface area contributed by atoms with Gasteiger partial charge in [0.15, 0.2) is 0 Å². The van der Waals surface area contributed by atoms with E-state index in [-0.39, 0.29) is 24.7 Å². The third-order valence-electron chi connectivity index (χ3n) is 2.75. The number of carbonyl (C=O) groups excluding carboxylic acids is 2. The van der Waals surface area contributed by atoms with Gasteiger partial charge in [-0.15, -0.1) is 0 Å². The summed E-state index contributed by atoms with van der Waals surface area (Å²) >= 11 is 0. The van der Waals surface area contributed by atoms with Gasteiger partial charge in [0, 0.05) is 13.0 Å². The summed E-state index contributed by atoms with van der Waals surface area (Å²) in [6.45, 7) is 0.314. The first-order valence-electron chi connectivity index (χ1n) is 6.32. The number of ether oxygens (including phenoxy) is 1. The van der Waals surface area contributed by atoms with E-state index in [1.165, 1.54) is 19.2 Å². The Kier molecular flexibility index (Phi) is 6.20. The average Bonchev–Trinajstić information content (AvgIpc) is 2.43. The molecule has 0 aromatic heterocycles. The van der Waals surface area contributed by atoms with Gasteiger partial charge in [-0.2, -0.15) is 13.2 Å². The molecule has 116 valence electrons. The zero-order valence-corrected chi connectivity index (χ0v) is 11.5. The maximum atomic E-state index is 12.4. The Bertz CT molecular complexity index is 483. The molecule has 0 atom stereocenters. The van der Waals surface area contributed by atoms with Crippen LogP contribution in [0.15, 0.2) is 24.3 Å². The van der Waals surface area contributed by atoms with E-state index in [2.05, 4.69) is 10.1 Å².